The standard InChI is InChI=1S/C14H5ClF4N2OS/c15-5-1-2-8-9(3-5)23-14(20-8)21-13(22)6-4-7(16)11(18)12(19)10(6)17/h1-4H,(H,20,21,22). The monoisotopic (exact) mass is 360 g/mol. The number of halogens is 5. The van der Waals surface area contributed by atoms with Gasteiger partial charge in [-0.15, -0.1) is 0 Å². The molecule has 1 heterocycles. The first-order chi connectivity index (χ1) is 10.9. The summed E-state index contributed by atoms with van der Waals surface area (Å²) in [6, 6.07) is 5.11. The van der Waals surface area contributed by atoms with Gasteiger partial charge in [0.25, 0.3) is 5.91 Å². The third-order valence-corrected chi connectivity index (χ3v) is 4.09. The number of nitrogens with one attached hydrogen (secondary N) is 1. The lowest BCUT2D eigenvalue weighted by molar-refractivity contribution is 0.102. The van der Waals surface area contributed by atoms with Crippen LogP contribution in [-0.2, 0) is 0 Å². The lowest BCUT2D eigenvalue weighted by atomic mass is 10.1. The number of thiazole rings is 1. The molecule has 2 aromatic carbocycles. The quantitative estimate of drug-likeness (QED) is 0.407. The Morgan fingerprint density at radius 1 is 1.09 bits per heavy atom. The van der Waals surface area contributed by atoms with E-state index in [-0.39, 0.29) is 11.2 Å². The molecule has 0 saturated carbocycles. The van der Waals surface area contributed by atoms with E-state index in [0.717, 1.165) is 11.3 Å². The molecule has 1 aromatic heterocycles. The van der Waals surface area contributed by atoms with E-state index >= 15 is 0 Å². The zero-order valence-corrected chi connectivity index (χ0v) is 12.5. The predicted molar refractivity (Wildman–Crippen MR) is 78.9 cm³/mol. The van der Waals surface area contributed by atoms with Crippen LogP contribution < -0.4 is 5.32 Å². The van der Waals surface area contributed by atoms with Crippen LogP contribution in [0.2, 0.25) is 5.02 Å². The molecule has 0 fully saturated rings. The highest BCUT2D eigenvalue weighted by Gasteiger charge is 2.23. The predicted octanol–water partition coefficient (Wildman–Crippen LogP) is 4.76. The molecule has 1 amide bonds. The molecule has 0 spiro atoms. The minimum Gasteiger partial charge on any atom is -0.298 e. The van der Waals surface area contributed by atoms with E-state index in [9.17, 15) is 22.4 Å². The Morgan fingerprint density at radius 3 is 2.57 bits per heavy atom. The van der Waals surface area contributed by atoms with Crippen molar-refractivity contribution in [3.05, 3.63) is 58.1 Å². The SMILES string of the molecule is O=C(Nc1nc2ccc(Cl)cc2s1)c1cc(F)c(F)c(F)c1F. The smallest absolute Gasteiger partial charge is 0.260 e. The third kappa shape index (κ3) is 2.87. The number of fused-ring (bicyclic) bond motifs is 1. The Hall–Kier alpha value is -2.19. The van der Waals surface area contributed by atoms with E-state index in [4.69, 9.17) is 11.6 Å². The number of nitrogens with zero attached hydrogens (tertiary/aromatic N) is 1. The van der Waals surface area contributed by atoms with E-state index in [0.29, 0.717) is 15.2 Å². The average molecular weight is 361 g/mol. The van der Waals surface area contributed by atoms with Crippen molar-refractivity contribution in [2.24, 2.45) is 0 Å². The summed E-state index contributed by atoms with van der Waals surface area (Å²) in [5.74, 6) is -8.61. The van der Waals surface area contributed by atoms with Crippen LogP contribution >= 0.6 is 22.9 Å². The van der Waals surface area contributed by atoms with Crippen LogP contribution in [0.5, 0.6) is 0 Å². The zero-order chi connectivity index (χ0) is 16.7. The number of aromatic nitrogens is 1. The average Bonchev–Trinajstić information content (AvgIpc) is 2.89. The molecule has 3 rings (SSSR count). The Bertz CT molecular complexity index is 944. The Morgan fingerprint density at radius 2 is 1.83 bits per heavy atom. The molecular formula is C14H5ClF4N2OS. The van der Waals surface area contributed by atoms with Crippen LogP contribution in [0, 0.1) is 23.3 Å². The van der Waals surface area contributed by atoms with Crippen LogP contribution in [0.15, 0.2) is 24.3 Å². The molecular weight excluding hydrogens is 356 g/mol. The molecule has 0 aliphatic rings. The fourth-order valence-corrected chi connectivity index (χ4v) is 2.99. The second-order valence-electron chi connectivity index (χ2n) is 4.43. The van der Waals surface area contributed by atoms with Crippen molar-refractivity contribution in [1.29, 1.82) is 0 Å². The molecule has 3 nitrogen and oxygen atoms in total. The minimum absolute atomic E-state index is 0.0804. The number of carbonyl (C=O) groups excluding carboxylic acids is 1. The Balaban J connectivity index is 1.94. The summed E-state index contributed by atoms with van der Waals surface area (Å²) in [6.07, 6.45) is 0. The molecule has 0 atom stereocenters. The number of hydrogen-bond acceptors (Lipinski definition) is 3. The van der Waals surface area contributed by atoms with Crippen molar-refractivity contribution in [3.8, 4) is 0 Å². The highest BCUT2D eigenvalue weighted by atomic mass is 35.5. The van der Waals surface area contributed by atoms with E-state index in [1.807, 2.05) is 0 Å². The van der Waals surface area contributed by atoms with Crippen LogP contribution in [0.3, 0.4) is 0 Å². The highest BCUT2D eigenvalue weighted by Crippen LogP contribution is 2.29. The molecule has 0 aliphatic heterocycles. The summed E-state index contributed by atoms with van der Waals surface area (Å²) in [4.78, 5) is 16.0. The molecule has 0 aliphatic carbocycles. The van der Waals surface area contributed by atoms with E-state index < -0.39 is 34.7 Å². The lowest BCUT2D eigenvalue weighted by Gasteiger charge is -2.05. The molecule has 0 radical (unpaired) electrons. The van der Waals surface area contributed by atoms with Gasteiger partial charge in [0, 0.05) is 5.02 Å². The molecule has 118 valence electrons. The number of hydrogen-bond donors (Lipinski definition) is 1. The van der Waals surface area contributed by atoms with Crippen LogP contribution in [0.4, 0.5) is 22.7 Å². The molecule has 0 saturated heterocycles. The summed E-state index contributed by atoms with van der Waals surface area (Å²) >= 11 is 6.86. The maximum absolute atomic E-state index is 13.6. The second-order valence-corrected chi connectivity index (χ2v) is 5.90. The van der Waals surface area contributed by atoms with Gasteiger partial charge in [0.05, 0.1) is 15.8 Å². The Labute approximate surface area is 135 Å². The van der Waals surface area contributed by atoms with Crippen LogP contribution in [0.25, 0.3) is 10.2 Å². The molecule has 1 N–H and O–H groups in total. The largest absolute Gasteiger partial charge is 0.298 e. The first kappa shape index (κ1) is 15.7. The number of amides is 1. The minimum atomic E-state index is -2.05. The summed E-state index contributed by atoms with van der Waals surface area (Å²) in [5, 5.41) is 2.76. The first-order valence-electron chi connectivity index (χ1n) is 6.07. The van der Waals surface area contributed by atoms with Gasteiger partial charge >= 0.3 is 0 Å². The normalized spacial score (nSPS) is 11.0. The maximum atomic E-state index is 13.6. The van der Waals surface area contributed by atoms with Crippen molar-refractivity contribution in [1.82, 2.24) is 4.98 Å². The molecule has 0 bridgehead atoms. The topological polar surface area (TPSA) is 42.0 Å². The van der Waals surface area contributed by atoms with Gasteiger partial charge in [0.1, 0.15) is 0 Å². The van der Waals surface area contributed by atoms with Crippen molar-refractivity contribution in [2.75, 3.05) is 5.32 Å². The van der Waals surface area contributed by atoms with E-state index in [1.54, 1.807) is 18.2 Å². The number of rotatable bonds is 2. The molecule has 9 heteroatoms. The van der Waals surface area contributed by atoms with Crippen molar-refractivity contribution < 1.29 is 22.4 Å². The van der Waals surface area contributed by atoms with Gasteiger partial charge in [-0.25, -0.2) is 22.5 Å². The maximum Gasteiger partial charge on any atom is 0.260 e. The number of benzene rings is 2. The highest BCUT2D eigenvalue weighted by molar-refractivity contribution is 7.22. The fourth-order valence-electron chi connectivity index (χ4n) is 1.85. The number of carbonyl (C=O) groups is 1. The molecule has 23 heavy (non-hydrogen) atoms. The summed E-state index contributed by atoms with van der Waals surface area (Å²) in [7, 11) is 0. The van der Waals surface area contributed by atoms with Gasteiger partial charge in [-0.3, -0.25) is 10.1 Å². The van der Waals surface area contributed by atoms with E-state index in [2.05, 4.69) is 10.3 Å². The first-order valence-corrected chi connectivity index (χ1v) is 7.26. The molecule has 0 unspecified atom stereocenters. The van der Waals surface area contributed by atoms with Gasteiger partial charge in [-0.05, 0) is 24.3 Å². The van der Waals surface area contributed by atoms with Gasteiger partial charge in [0.15, 0.2) is 28.4 Å². The van der Waals surface area contributed by atoms with Gasteiger partial charge < -0.3 is 0 Å². The number of anilines is 1. The van der Waals surface area contributed by atoms with Crippen LogP contribution in [0.1, 0.15) is 10.4 Å². The lowest BCUT2D eigenvalue weighted by Crippen LogP contribution is -2.16. The van der Waals surface area contributed by atoms with Crippen molar-refractivity contribution in [3.63, 3.8) is 0 Å². The van der Waals surface area contributed by atoms with Crippen molar-refractivity contribution >= 4 is 44.2 Å². The summed E-state index contributed by atoms with van der Waals surface area (Å²) in [6.45, 7) is 0. The summed E-state index contributed by atoms with van der Waals surface area (Å²) < 4.78 is 53.4. The van der Waals surface area contributed by atoms with Crippen LogP contribution in [-0.4, -0.2) is 10.9 Å². The zero-order valence-electron chi connectivity index (χ0n) is 11.0. The van der Waals surface area contributed by atoms with Gasteiger partial charge in [-0.1, -0.05) is 22.9 Å². The van der Waals surface area contributed by atoms with Crippen molar-refractivity contribution in [2.45, 2.75) is 0 Å². The summed E-state index contributed by atoms with van der Waals surface area (Å²) in [5.41, 5.74) is -0.426. The second kappa shape index (κ2) is 5.78. The van der Waals surface area contributed by atoms with E-state index in [1.165, 1.54) is 0 Å². The van der Waals surface area contributed by atoms with Gasteiger partial charge in [0.2, 0.25) is 0 Å². The third-order valence-electron chi connectivity index (χ3n) is 2.92. The fraction of sp³-hybridized carbons (Fsp3) is 0. The van der Waals surface area contributed by atoms with Gasteiger partial charge in [-0.2, -0.15) is 0 Å². The molecule has 3 aromatic rings. The Kier molecular flexibility index (Phi) is 3.95.